The summed E-state index contributed by atoms with van der Waals surface area (Å²) in [5.74, 6) is -0.246. The van der Waals surface area contributed by atoms with Gasteiger partial charge < -0.3 is 4.23 Å². The van der Waals surface area contributed by atoms with Crippen LogP contribution in [0, 0.1) is 0 Å². The minimum atomic E-state index is -1.55. The Morgan fingerprint density at radius 1 is 0.697 bits per heavy atom. The van der Waals surface area contributed by atoms with Crippen molar-refractivity contribution < 1.29 is 9.59 Å². The van der Waals surface area contributed by atoms with Gasteiger partial charge in [-0.05, 0) is 72.1 Å². The molecule has 2 amide bonds. The lowest BCUT2D eigenvalue weighted by atomic mass is 10.0. The minimum Gasteiger partial charge on any atom is -0.345 e. The molecule has 1 aliphatic heterocycles. The molecule has 6 heteroatoms. The molecule has 1 heterocycles. The molecule has 0 saturated heterocycles. The molecular weight excluding hydrogens is 440 g/mol. The Labute approximate surface area is 202 Å². The van der Waals surface area contributed by atoms with E-state index in [1.165, 1.54) is 41.2 Å². The summed E-state index contributed by atoms with van der Waals surface area (Å²) in [6.07, 6.45) is 0.870. The molecule has 0 aliphatic carbocycles. The third kappa shape index (κ3) is 4.49. The third-order valence-electron chi connectivity index (χ3n) is 8.69. The first kappa shape index (κ1) is 25.8. The van der Waals surface area contributed by atoms with Crippen LogP contribution in [-0.4, -0.2) is 50.5 Å². The van der Waals surface area contributed by atoms with E-state index in [0.717, 1.165) is 23.7 Å². The molecule has 1 aliphatic rings. The number of rotatable bonds is 12. The molecule has 0 aromatic heterocycles. The van der Waals surface area contributed by atoms with Gasteiger partial charge in [0.15, 0.2) is 0 Å². The topological polar surface area (TPSA) is 40.6 Å². The summed E-state index contributed by atoms with van der Waals surface area (Å²) in [7, 11) is -3.09. The zero-order valence-corrected chi connectivity index (χ0v) is 23.5. The van der Waals surface area contributed by atoms with Gasteiger partial charge in [-0.15, -0.1) is 0 Å². The number of carbonyl (C=O) groups excluding carboxylic acids is 2. The highest BCUT2D eigenvalue weighted by Crippen LogP contribution is 2.36. The maximum Gasteiger partial charge on any atom is 0.261 e. The molecule has 180 valence electrons. The van der Waals surface area contributed by atoms with E-state index in [1.807, 2.05) is 36.4 Å². The average molecular weight is 483 g/mol. The van der Waals surface area contributed by atoms with Gasteiger partial charge in [-0.25, -0.2) is 0 Å². The molecule has 0 unspecified atom stereocenters. The van der Waals surface area contributed by atoms with E-state index in [4.69, 9.17) is 0 Å². The van der Waals surface area contributed by atoms with Crippen LogP contribution < -0.4 is 0 Å². The van der Waals surface area contributed by atoms with Crippen molar-refractivity contribution in [2.45, 2.75) is 84.2 Å². The summed E-state index contributed by atoms with van der Waals surface area (Å²) in [6, 6.07) is 19.4. The molecule has 33 heavy (non-hydrogen) atoms. The lowest BCUT2D eigenvalue weighted by Crippen LogP contribution is -2.66. The summed E-state index contributed by atoms with van der Waals surface area (Å²) in [4.78, 5) is 27.8. The zero-order chi connectivity index (χ0) is 24.2. The van der Waals surface area contributed by atoms with E-state index in [1.54, 1.807) is 0 Å². The molecule has 0 radical (unpaired) electrons. The van der Waals surface area contributed by atoms with Gasteiger partial charge in [-0.3, -0.25) is 14.5 Å². The number of fused-ring (bicyclic) bond motifs is 2. The first-order chi connectivity index (χ1) is 15.9. The smallest absolute Gasteiger partial charge is 0.261 e. The van der Waals surface area contributed by atoms with Crippen LogP contribution in [0.2, 0.25) is 36.3 Å². The molecule has 0 fully saturated rings. The number of benzene rings is 2. The van der Waals surface area contributed by atoms with Gasteiger partial charge in [-0.2, -0.15) is 0 Å². The molecule has 2 aromatic rings. The van der Waals surface area contributed by atoms with Crippen molar-refractivity contribution in [1.82, 2.24) is 9.13 Å². The maximum atomic E-state index is 13.2. The predicted octanol–water partition coefficient (Wildman–Crippen LogP) is 7.14. The van der Waals surface area contributed by atoms with Crippen molar-refractivity contribution in [2.24, 2.45) is 0 Å². The molecule has 0 bridgehead atoms. The van der Waals surface area contributed by atoms with E-state index >= 15 is 0 Å². The van der Waals surface area contributed by atoms with Crippen LogP contribution in [0.15, 0.2) is 36.4 Å². The third-order valence-corrected chi connectivity index (χ3v) is 22.2. The van der Waals surface area contributed by atoms with Gasteiger partial charge in [-0.1, -0.05) is 65.8 Å². The van der Waals surface area contributed by atoms with Gasteiger partial charge in [0.1, 0.15) is 16.5 Å². The molecular formula is C27H42N2O2Si2. The highest BCUT2D eigenvalue weighted by Gasteiger charge is 2.46. The number of carbonyl (C=O) groups is 2. The normalized spacial score (nSPS) is 14.6. The molecule has 0 atom stereocenters. The second-order valence-electron chi connectivity index (χ2n) is 9.58. The second-order valence-corrected chi connectivity index (χ2v) is 20.2. The van der Waals surface area contributed by atoms with Crippen molar-refractivity contribution >= 4 is 39.1 Å². The molecule has 0 N–H and O–H groups in total. The van der Waals surface area contributed by atoms with Crippen LogP contribution in [0.5, 0.6) is 0 Å². The molecule has 0 spiro atoms. The average Bonchev–Trinajstić information content (AvgIpc) is 3.09. The fraction of sp³-hybridized carbons (Fsp3) is 0.556. The van der Waals surface area contributed by atoms with Gasteiger partial charge in [0, 0.05) is 6.54 Å². The lowest BCUT2D eigenvalue weighted by Gasteiger charge is -2.52. The fourth-order valence-electron chi connectivity index (χ4n) is 6.19. The Morgan fingerprint density at radius 2 is 1.09 bits per heavy atom. The summed E-state index contributed by atoms with van der Waals surface area (Å²) in [5, 5.41) is 2.03. The van der Waals surface area contributed by atoms with E-state index in [-0.39, 0.29) is 11.8 Å². The lowest BCUT2D eigenvalue weighted by molar-refractivity contribution is 0.0652. The standard InChI is InChI=1S/C27H42N2O2Si2/c1-7-32(8-2,9-3)29(33(10-4,11-5)12-6)19-15-18-28-26(30)24-20-22-16-13-14-17-23(22)21-25(24)27(28)31/h13-14,16-17,20-21H,7-12,15,18-19H2,1-6H3. The highest BCUT2D eigenvalue weighted by molar-refractivity contribution is 6.92. The molecule has 4 nitrogen and oxygen atoms in total. The SMILES string of the molecule is CC[Si](CC)(CC)N(CCCN1C(=O)c2cc3ccccc3cc2C1=O)[Si](CC)(CC)CC. The number of amides is 2. The quantitative estimate of drug-likeness (QED) is 0.238. The van der Waals surface area contributed by atoms with Gasteiger partial charge >= 0.3 is 0 Å². The van der Waals surface area contributed by atoms with Crippen molar-refractivity contribution in [2.75, 3.05) is 13.1 Å². The van der Waals surface area contributed by atoms with Gasteiger partial charge in [0.05, 0.1) is 11.1 Å². The van der Waals surface area contributed by atoms with Crippen LogP contribution in [-0.2, 0) is 0 Å². The van der Waals surface area contributed by atoms with Crippen LogP contribution >= 0.6 is 0 Å². The van der Waals surface area contributed by atoms with Crippen LogP contribution in [0.25, 0.3) is 10.8 Å². The molecule has 0 saturated carbocycles. The van der Waals surface area contributed by atoms with Crippen molar-refractivity contribution in [3.63, 3.8) is 0 Å². The minimum absolute atomic E-state index is 0.123. The van der Waals surface area contributed by atoms with Crippen molar-refractivity contribution in [3.8, 4) is 0 Å². The summed E-state index contributed by atoms with van der Waals surface area (Å²) in [5.41, 5.74) is 1.13. The highest BCUT2D eigenvalue weighted by atomic mass is 28.4. The number of hydrogen-bond acceptors (Lipinski definition) is 3. The van der Waals surface area contributed by atoms with Gasteiger partial charge in [0.2, 0.25) is 0 Å². The van der Waals surface area contributed by atoms with E-state index in [0.29, 0.717) is 17.7 Å². The Kier molecular flexibility index (Phi) is 8.35. The number of imide groups is 1. The maximum absolute atomic E-state index is 13.2. The van der Waals surface area contributed by atoms with Crippen LogP contribution in [0.3, 0.4) is 0 Å². The number of nitrogens with zero attached hydrogens (tertiary/aromatic N) is 2. The monoisotopic (exact) mass is 482 g/mol. The largest absolute Gasteiger partial charge is 0.345 e. The van der Waals surface area contributed by atoms with Gasteiger partial charge in [0.25, 0.3) is 11.8 Å². The van der Waals surface area contributed by atoms with E-state index in [2.05, 4.69) is 45.8 Å². The second kappa shape index (κ2) is 10.7. The Hall–Kier alpha value is -1.77. The zero-order valence-electron chi connectivity index (χ0n) is 21.5. The molecule has 2 aromatic carbocycles. The number of hydrogen-bond donors (Lipinski definition) is 0. The van der Waals surface area contributed by atoms with E-state index < -0.39 is 16.5 Å². The van der Waals surface area contributed by atoms with Crippen LogP contribution in [0.1, 0.15) is 68.7 Å². The first-order valence-corrected chi connectivity index (χ1v) is 18.2. The summed E-state index contributed by atoms with van der Waals surface area (Å²) < 4.78 is 3.03. The Morgan fingerprint density at radius 3 is 1.45 bits per heavy atom. The van der Waals surface area contributed by atoms with Crippen molar-refractivity contribution in [1.29, 1.82) is 0 Å². The predicted molar refractivity (Wildman–Crippen MR) is 145 cm³/mol. The Bertz CT molecular complexity index is 908. The van der Waals surface area contributed by atoms with E-state index in [9.17, 15) is 9.59 Å². The summed E-state index contributed by atoms with van der Waals surface area (Å²) in [6.45, 7) is 15.9. The molecule has 3 rings (SSSR count). The fourth-order valence-corrected chi connectivity index (χ4v) is 19.6. The first-order valence-electron chi connectivity index (χ1n) is 13.0. The Balaban J connectivity index is 1.82. The van der Waals surface area contributed by atoms with Crippen molar-refractivity contribution in [3.05, 3.63) is 47.5 Å². The summed E-state index contributed by atoms with van der Waals surface area (Å²) >= 11 is 0. The van der Waals surface area contributed by atoms with Crippen LogP contribution in [0.4, 0.5) is 0 Å².